The monoisotopic (exact) mass is 549 g/mol. The normalized spacial score (nSPS) is 52.4. The molecule has 0 aromatic carbocycles. The van der Waals surface area contributed by atoms with Gasteiger partial charge in [-0.2, -0.15) is 0 Å². The lowest BCUT2D eigenvalue weighted by atomic mass is 9.53. The molecule has 1 spiro atoms. The van der Waals surface area contributed by atoms with Gasteiger partial charge in [0.25, 0.3) is 0 Å². The summed E-state index contributed by atoms with van der Waals surface area (Å²) in [6, 6.07) is 3.91. The number of nitrogens with zero attached hydrogens (tertiary/aromatic N) is 1. The minimum absolute atomic E-state index is 0.00283. The van der Waals surface area contributed by atoms with Gasteiger partial charge in [-0.05, 0) is 75.3 Å². The zero-order valence-electron chi connectivity index (χ0n) is 24.6. The van der Waals surface area contributed by atoms with Gasteiger partial charge in [-0.3, -0.25) is 9.78 Å². The maximum absolute atomic E-state index is 12.2. The van der Waals surface area contributed by atoms with Crippen LogP contribution in [0.1, 0.15) is 85.6 Å². The van der Waals surface area contributed by atoms with Crippen LogP contribution in [0.2, 0.25) is 0 Å². The van der Waals surface area contributed by atoms with Crippen molar-refractivity contribution in [3.05, 3.63) is 41.7 Å². The maximum Gasteiger partial charge on any atom is 0.315 e. The summed E-state index contributed by atoms with van der Waals surface area (Å²) in [6.45, 7) is 13.6. The lowest BCUT2D eigenvalue weighted by molar-refractivity contribution is -0.407. The van der Waals surface area contributed by atoms with Gasteiger partial charge in [-0.25, -0.2) is 0 Å². The number of ether oxygens (including phenoxy) is 5. The molecule has 7 heteroatoms. The summed E-state index contributed by atoms with van der Waals surface area (Å²) in [5.41, 5.74) is 1.06. The number of pyridine rings is 1. The molecule has 0 amide bonds. The predicted molar refractivity (Wildman–Crippen MR) is 146 cm³/mol. The molecule has 5 heterocycles. The summed E-state index contributed by atoms with van der Waals surface area (Å²) >= 11 is 0. The molecular weight excluding hydrogens is 506 g/mol. The molecule has 4 aliphatic heterocycles. The fourth-order valence-electron chi connectivity index (χ4n) is 10.2. The van der Waals surface area contributed by atoms with Gasteiger partial charge in [0, 0.05) is 43.5 Å². The molecule has 2 saturated carbocycles. The summed E-state index contributed by atoms with van der Waals surface area (Å²) in [5.74, 6) is 0.771. The highest BCUT2D eigenvalue weighted by atomic mass is 16.9. The lowest BCUT2D eigenvalue weighted by Crippen LogP contribution is -2.55. The van der Waals surface area contributed by atoms with Crippen LogP contribution in [0.4, 0.5) is 0 Å². The fourth-order valence-corrected chi connectivity index (χ4v) is 10.2. The summed E-state index contributed by atoms with van der Waals surface area (Å²) in [5, 5.41) is 0. The first-order valence-electron chi connectivity index (χ1n) is 15.5. The van der Waals surface area contributed by atoms with E-state index in [0.29, 0.717) is 30.1 Å². The molecule has 6 fully saturated rings. The molecule has 1 aromatic heterocycles. The first-order valence-corrected chi connectivity index (χ1v) is 15.5. The summed E-state index contributed by atoms with van der Waals surface area (Å²) in [4.78, 5) is 16.5. The first kappa shape index (κ1) is 25.9. The molecule has 3 aliphatic carbocycles. The number of allylic oxidation sites excluding steroid dienone is 1. The van der Waals surface area contributed by atoms with E-state index in [1.807, 2.05) is 12.1 Å². The Balaban J connectivity index is 1.10. The molecule has 40 heavy (non-hydrogen) atoms. The van der Waals surface area contributed by atoms with E-state index >= 15 is 0 Å². The molecule has 0 radical (unpaired) electrons. The van der Waals surface area contributed by atoms with E-state index < -0.39 is 22.8 Å². The number of hydrogen-bond acceptors (Lipinski definition) is 7. The molecule has 8 rings (SSSR count). The highest BCUT2D eigenvalue weighted by Crippen LogP contribution is 2.68. The summed E-state index contributed by atoms with van der Waals surface area (Å²) in [7, 11) is 0. The molecule has 7 aliphatic rings. The van der Waals surface area contributed by atoms with Crippen LogP contribution in [-0.2, 0) is 34.5 Å². The van der Waals surface area contributed by atoms with Crippen LogP contribution in [0.3, 0.4) is 0 Å². The Morgan fingerprint density at radius 3 is 2.67 bits per heavy atom. The van der Waals surface area contributed by atoms with E-state index in [1.54, 1.807) is 12.4 Å². The van der Waals surface area contributed by atoms with Gasteiger partial charge in [-0.1, -0.05) is 32.4 Å². The van der Waals surface area contributed by atoms with Crippen LogP contribution in [0.25, 0.3) is 0 Å². The Morgan fingerprint density at radius 1 is 1.12 bits per heavy atom. The van der Waals surface area contributed by atoms with Gasteiger partial charge in [0.1, 0.15) is 17.3 Å². The van der Waals surface area contributed by atoms with Crippen molar-refractivity contribution in [2.45, 2.75) is 121 Å². The van der Waals surface area contributed by atoms with Gasteiger partial charge in [-0.15, -0.1) is 0 Å². The van der Waals surface area contributed by atoms with Crippen LogP contribution < -0.4 is 0 Å². The third-order valence-electron chi connectivity index (χ3n) is 12.9. The lowest BCUT2D eigenvalue weighted by Gasteiger charge is -2.52. The Kier molecular flexibility index (Phi) is 5.16. The van der Waals surface area contributed by atoms with Gasteiger partial charge in [0.2, 0.25) is 0 Å². The number of fused-ring (bicyclic) bond motifs is 8. The van der Waals surface area contributed by atoms with Crippen LogP contribution in [0, 0.1) is 35.0 Å². The van der Waals surface area contributed by atoms with Crippen LogP contribution in [0.5, 0.6) is 0 Å². The molecule has 4 unspecified atom stereocenters. The second-order valence-electron chi connectivity index (χ2n) is 14.9. The van der Waals surface area contributed by atoms with Gasteiger partial charge in [0.05, 0.1) is 23.4 Å². The third-order valence-corrected chi connectivity index (χ3v) is 12.9. The fraction of sp³-hybridized carbons (Fsp3) is 0.758. The number of esters is 1. The second-order valence-corrected chi connectivity index (χ2v) is 14.9. The third kappa shape index (κ3) is 3.16. The van der Waals surface area contributed by atoms with Crippen molar-refractivity contribution in [3.63, 3.8) is 0 Å². The number of epoxide rings is 1. The molecule has 7 nitrogen and oxygen atoms in total. The average Bonchev–Trinajstić information content (AvgIpc) is 3.47. The largest absolute Gasteiger partial charge is 0.456 e. The Hall–Kier alpha value is -1.80. The van der Waals surface area contributed by atoms with Crippen molar-refractivity contribution < 1.29 is 28.5 Å². The van der Waals surface area contributed by atoms with E-state index in [4.69, 9.17) is 23.7 Å². The Morgan fingerprint density at radius 2 is 1.95 bits per heavy atom. The van der Waals surface area contributed by atoms with Gasteiger partial charge in [0.15, 0.2) is 0 Å². The van der Waals surface area contributed by atoms with Gasteiger partial charge < -0.3 is 23.7 Å². The molecule has 1 aromatic rings. The maximum atomic E-state index is 12.2. The van der Waals surface area contributed by atoms with E-state index in [1.165, 1.54) is 18.4 Å². The van der Waals surface area contributed by atoms with Crippen molar-refractivity contribution in [2.24, 2.45) is 35.0 Å². The van der Waals surface area contributed by atoms with E-state index in [0.717, 1.165) is 24.8 Å². The van der Waals surface area contributed by atoms with Crippen LogP contribution in [-0.4, -0.2) is 46.1 Å². The molecule has 4 saturated heterocycles. The van der Waals surface area contributed by atoms with E-state index in [2.05, 4.69) is 52.6 Å². The number of aromatic nitrogens is 1. The van der Waals surface area contributed by atoms with E-state index in [9.17, 15) is 4.79 Å². The zero-order chi connectivity index (χ0) is 27.9. The predicted octanol–water partition coefficient (Wildman–Crippen LogP) is 5.67. The molecule has 216 valence electrons. The average molecular weight is 550 g/mol. The van der Waals surface area contributed by atoms with E-state index in [-0.39, 0.29) is 35.6 Å². The minimum Gasteiger partial charge on any atom is -0.456 e. The topological polar surface area (TPSA) is 79.4 Å². The Labute approximate surface area is 237 Å². The van der Waals surface area contributed by atoms with Crippen molar-refractivity contribution in [1.82, 2.24) is 4.98 Å². The number of carbonyl (C=O) groups excluding carboxylic acids is 1. The SMILES string of the molecule is C[C@@H]1C2=CC[C@@]3(C)C(CCC3[C@H](C)[C@H]3C[C@@]4(C)O[C@@](c5cccnc5)(O3)OC4(C)C)[C@@H]2C2OC2[C@@]12CCC(=O)O2. The zero-order valence-corrected chi connectivity index (χ0v) is 24.6. The first-order chi connectivity index (χ1) is 18.9. The van der Waals surface area contributed by atoms with Crippen molar-refractivity contribution in [2.75, 3.05) is 0 Å². The molecule has 2 bridgehead atoms. The minimum atomic E-state index is -1.23. The number of rotatable bonds is 3. The van der Waals surface area contributed by atoms with Crippen LogP contribution in [0.15, 0.2) is 36.2 Å². The summed E-state index contributed by atoms with van der Waals surface area (Å²) in [6.07, 6.45) is 11.9. The Bertz CT molecular complexity index is 1280. The second kappa shape index (κ2) is 7.97. The van der Waals surface area contributed by atoms with Crippen molar-refractivity contribution in [3.8, 4) is 0 Å². The highest BCUT2D eigenvalue weighted by molar-refractivity contribution is 5.73. The highest BCUT2D eigenvalue weighted by Gasteiger charge is 2.73. The van der Waals surface area contributed by atoms with Crippen molar-refractivity contribution in [1.29, 1.82) is 0 Å². The quantitative estimate of drug-likeness (QED) is 0.273. The van der Waals surface area contributed by atoms with Gasteiger partial charge >= 0.3 is 11.9 Å². The standard InChI is InChI=1S/C33H43NO6/c1-18(24-16-31(6)29(3,4)39-33(37-24,40-31)20-8-7-15-34-17-20)22-9-10-23-26-21(11-13-30(22,23)5)19(2)32(28-27(26)36-28)14-12-25(35)38-32/h7-8,11,15,17-19,22-24,26-28H,9-10,12-14,16H2,1-6H3/t18-,19+,22?,23?,24+,26+,27?,28?,30+,31+,32+,33-/m0/s1. The van der Waals surface area contributed by atoms with Crippen molar-refractivity contribution >= 4 is 5.97 Å². The molecular formula is C33H43NO6. The molecule has 12 atom stereocenters. The smallest absolute Gasteiger partial charge is 0.315 e. The molecule has 0 N–H and O–H groups in total. The number of hydrogen-bond donors (Lipinski definition) is 0. The summed E-state index contributed by atoms with van der Waals surface area (Å²) < 4.78 is 32.6. The number of carbonyl (C=O) groups is 1. The van der Waals surface area contributed by atoms with Crippen LogP contribution >= 0.6 is 0 Å².